The van der Waals surface area contributed by atoms with Crippen LogP contribution in [0.3, 0.4) is 0 Å². The van der Waals surface area contributed by atoms with Gasteiger partial charge < -0.3 is 26.6 Å². The van der Waals surface area contributed by atoms with Gasteiger partial charge >= 0.3 is 12.1 Å². The Morgan fingerprint density at radius 1 is 0.676 bits per heavy atom. The number of carbonyl (C=O) groups excluding carboxylic acids is 3. The lowest BCUT2D eigenvalue weighted by molar-refractivity contribution is -0.118. The van der Waals surface area contributed by atoms with E-state index in [4.69, 9.17) is 0 Å². The lowest BCUT2D eigenvalue weighted by Crippen LogP contribution is -2.50. The first-order valence-electron chi connectivity index (χ1n) is 11.0. The second-order valence-electron chi connectivity index (χ2n) is 8.05. The molecule has 5 N–H and O–H groups in total. The first-order chi connectivity index (χ1) is 16.4. The van der Waals surface area contributed by atoms with Gasteiger partial charge in [0.25, 0.3) is 0 Å². The standard InChI is InChI=1S/C26H29N5O3/c1-18(2)23(31-25(33)27-17-19-10-5-3-6-11-19)24(32)28-21-14-9-15-22(16-21)30-26(34)29-20-12-7-4-8-13-20/h3-16,18,23H,17H2,1-2H3,(H,28,32)(H2,27,31,33)(H2,29,30,34). The van der Waals surface area contributed by atoms with Crippen molar-refractivity contribution in [2.75, 3.05) is 16.0 Å². The van der Waals surface area contributed by atoms with Crippen molar-refractivity contribution in [3.05, 3.63) is 90.5 Å². The largest absolute Gasteiger partial charge is 0.334 e. The number of rotatable bonds is 8. The van der Waals surface area contributed by atoms with Crippen molar-refractivity contribution in [1.29, 1.82) is 0 Å². The third kappa shape index (κ3) is 7.67. The monoisotopic (exact) mass is 459 g/mol. The maximum absolute atomic E-state index is 12.9. The van der Waals surface area contributed by atoms with Crippen LogP contribution in [0.2, 0.25) is 0 Å². The molecule has 8 nitrogen and oxygen atoms in total. The van der Waals surface area contributed by atoms with Crippen LogP contribution in [0.5, 0.6) is 0 Å². The van der Waals surface area contributed by atoms with Crippen molar-refractivity contribution in [1.82, 2.24) is 10.6 Å². The number of benzene rings is 3. The van der Waals surface area contributed by atoms with Crippen LogP contribution in [0.25, 0.3) is 0 Å². The van der Waals surface area contributed by atoms with E-state index in [1.54, 1.807) is 36.4 Å². The summed E-state index contributed by atoms with van der Waals surface area (Å²) in [6, 6.07) is 23.8. The lowest BCUT2D eigenvalue weighted by atomic mass is 10.0. The summed E-state index contributed by atoms with van der Waals surface area (Å²) >= 11 is 0. The Morgan fingerprint density at radius 2 is 1.24 bits per heavy atom. The summed E-state index contributed by atoms with van der Waals surface area (Å²) in [6.45, 7) is 4.07. The first-order valence-corrected chi connectivity index (χ1v) is 11.0. The summed E-state index contributed by atoms with van der Waals surface area (Å²) in [5, 5.41) is 13.8. The van der Waals surface area contributed by atoms with Gasteiger partial charge in [-0.05, 0) is 41.8 Å². The highest BCUT2D eigenvalue weighted by molar-refractivity contribution is 6.01. The van der Waals surface area contributed by atoms with Crippen molar-refractivity contribution in [3.8, 4) is 0 Å². The van der Waals surface area contributed by atoms with E-state index in [1.807, 2.05) is 62.4 Å². The van der Waals surface area contributed by atoms with Crippen LogP contribution >= 0.6 is 0 Å². The number of urea groups is 2. The summed E-state index contributed by atoms with van der Waals surface area (Å²) in [5.41, 5.74) is 2.64. The molecule has 3 aromatic carbocycles. The van der Waals surface area contributed by atoms with E-state index in [0.717, 1.165) is 5.56 Å². The van der Waals surface area contributed by atoms with E-state index in [-0.39, 0.29) is 11.8 Å². The topological polar surface area (TPSA) is 111 Å². The van der Waals surface area contributed by atoms with Crippen LogP contribution < -0.4 is 26.6 Å². The van der Waals surface area contributed by atoms with Crippen LogP contribution in [0.1, 0.15) is 19.4 Å². The number of amides is 5. The Labute approximate surface area is 199 Å². The number of hydrogen-bond acceptors (Lipinski definition) is 3. The van der Waals surface area contributed by atoms with Crippen LogP contribution in [0.4, 0.5) is 26.7 Å². The minimum atomic E-state index is -0.742. The molecular formula is C26H29N5O3. The molecule has 0 aliphatic carbocycles. The van der Waals surface area contributed by atoms with Crippen molar-refractivity contribution in [2.45, 2.75) is 26.4 Å². The summed E-state index contributed by atoms with van der Waals surface area (Å²) < 4.78 is 0. The number of carbonyl (C=O) groups is 3. The van der Waals surface area contributed by atoms with E-state index in [0.29, 0.717) is 23.6 Å². The molecule has 0 saturated carbocycles. The predicted octanol–water partition coefficient (Wildman–Crippen LogP) is 4.79. The van der Waals surface area contributed by atoms with Crippen LogP contribution in [0.15, 0.2) is 84.9 Å². The molecule has 5 amide bonds. The van der Waals surface area contributed by atoms with E-state index in [1.165, 1.54) is 0 Å². The Hall–Kier alpha value is -4.33. The Morgan fingerprint density at radius 3 is 1.88 bits per heavy atom. The molecule has 3 rings (SSSR count). The van der Waals surface area contributed by atoms with Gasteiger partial charge in [0.15, 0.2) is 0 Å². The second-order valence-corrected chi connectivity index (χ2v) is 8.05. The van der Waals surface area contributed by atoms with Gasteiger partial charge in [0.2, 0.25) is 5.91 Å². The molecule has 0 aliphatic heterocycles. The molecule has 34 heavy (non-hydrogen) atoms. The van der Waals surface area contributed by atoms with Gasteiger partial charge in [-0.3, -0.25) is 4.79 Å². The van der Waals surface area contributed by atoms with Gasteiger partial charge in [0, 0.05) is 23.6 Å². The highest BCUT2D eigenvalue weighted by atomic mass is 16.2. The van der Waals surface area contributed by atoms with Gasteiger partial charge in [0.1, 0.15) is 6.04 Å². The van der Waals surface area contributed by atoms with Gasteiger partial charge in [-0.1, -0.05) is 68.4 Å². The molecule has 0 spiro atoms. The molecular weight excluding hydrogens is 430 g/mol. The first kappa shape index (κ1) is 24.3. The smallest absolute Gasteiger partial charge is 0.323 e. The molecule has 1 unspecified atom stereocenters. The Kier molecular flexibility index (Phi) is 8.62. The number of nitrogens with one attached hydrogen (secondary N) is 5. The zero-order valence-corrected chi connectivity index (χ0v) is 19.2. The van der Waals surface area contributed by atoms with Crippen molar-refractivity contribution in [3.63, 3.8) is 0 Å². The molecule has 0 fully saturated rings. The lowest BCUT2D eigenvalue weighted by Gasteiger charge is -2.22. The second kappa shape index (κ2) is 12.1. The molecule has 0 aromatic heterocycles. The minimum Gasteiger partial charge on any atom is -0.334 e. The average Bonchev–Trinajstić information content (AvgIpc) is 2.82. The zero-order valence-electron chi connectivity index (χ0n) is 19.2. The third-order valence-electron chi connectivity index (χ3n) is 4.95. The molecule has 176 valence electrons. The maximum atomic E-state index is 12.9. The molecule has 0 radical (unpaired) electrons. The van der Waals surface area contributed by atoms with Crippen molar-refractivity contribution >= 4 is 35.0 Å². The Bertz CT molecular complexity index is 1100. The number of hydrogen-bond donors (Lipinski definition) is 5. The predicted molar refractivity (Wildman–Crippen MR) is 135 cm³/mol. The van der Waals surface area contributed by atoms with Crippen molar-refractivity contribution in [2.24, 2.45) is 5.92 Å². The Balaban J connectivity index is 1.55. The van der Waals surface area contributed by atoms with E-state index < -0.39 is 18.1 Å². The van der Waals surface area contributed by atoms with Gasteiger partial charge in [-0.2, -0.15) is 0 Å². The van der Waals surface area contributed by atoms with E-state index >= 15 is 0 Å². The normalized spacial score (nSPS) is 11.3. The highest BCUT2D eigenvalue weighted by Crippen LogP contribution is 2.17. The van der Waals surface area contributed by atoms with Gasteiger partial charge in [0.05, 0.1) is 0 Å². The van der Waals surface area contributed by atoms with Crippen LogP contribution in [0, 0.1) is 5.92 Å². The SMILES string of the molecule is CC(C)C(NC(=O)NCc1ccccc1)C(=O)Nc1cccc(NC(=O)Nc2ccccc2)c1. The highest BCUT2D eigenvalue weighted by Gasteiger charge is 2.24. The third-order valence-corrected chi connectivity index (χ3v) is 4.95. The van der Waals surface area contributed by atoms with Crippen molar-refractivity contribution < 1.29 is 14.4 Å². The molecule has 0 aliphatic rings. The molecule has 0 bridgehead atoms. The van der Waals surface area contributed by atoms with E-state index in [2.05, 4.69) is 26.6 Å². The fourth-order valence-electron chi connectivity index (χ4n) is 3.22. The van der Waals surface area contributed by atoms with Crippen LogP contribution in [-0.2, 0) is 11.3 Å². The number of anilines is 3. The average molecular weight is 460 g/mol. The fraction of sp³-hybridized carbons (Fsp3) is 0.192. The quantitative estimate of drug-likeness (QED) is 0.334. The summed E-state index contributed by atoms with van der Waals surface area (Å²) in [6.07, 6.45) is 0. The van der Waals surface area contributed by atoms with Gasteiger partial charge in [-0.15, -0.1) is 0 Å². The summed E-state index contributed by atoms with van der Waals surface area (Å²) in [7, 11) is 0. The fourth-order valence-corrected chi connectivity index (χ4v) is 3.22. The summed E-state index contributed by atoms with van der Waals surface area (Å²) in [4.78, 5) is 37.5. The number of para-hydroxylation sites is 1. The van der Waals surface area contributed by atoms with Crippen LogP contribution in [-0.4, -0.2) is 24.0 Å². The van der Waals surface area contributed by atoms with E-state index in [9.17, 15) is 14.4 Å². The molecule has 1 atom stereocenters. The molecule has 8 heteroatoms. The zero-order chi connectivity index (χ0) is 24.3. The molecule has 0 saturated heterocycles. The molecule has 3 aromatic rings. The van der Waals surface area contributed by atoms with Gasteiger partial charge in [-0.25, -0.2) is 9.59 Å². The minimum absolute atomic E-state index is 0.138. The molecule has 0 heterocycles. The maximum Gasteiger partial charge on any atom is 0.323 e. The summed E-state index contributed by atoms with van der Waals surface area (Å²) in [5.74, 6) is -0.490.